The van der Waals surface area contributed by atoms with Crippen molar-refractivity contribution in [2.45, 2.75) is 64.2 Å². The molecule has 1 nitrogen and oxygen atoms in total. The molecule has 20 heavy (non-hydrogen) atoms. The molecule has 2 heteroatoms. The van der Waals surface area contributed by atoms with Crippen molar-refractivity contribution < 1.29 is 21.2 Å². The van der Waals surface area contributed by atoms with E-state index in [-0.39, 0.29) is 37.5 Å². The normalized spacial score (nSPS) is 38.9. The lowest BCUT2D eigenvalue weighted by Gasteiger charge is -2.29. The standard InChI is InChI=1S/C18H29IN/c1-13(2)8-9-14(3)17(10-15(4,5)6)16(7,12-20)18(17)11-19-18/h13H,3,8-11H2,1-2,4-7H3/q+1. The summed E-state index contributed by atoms with van der Waals surface area (Å²) in [5.74, 6) is 0.718. The fourth-order valence-electron chi connectivity index (χ4n) is 4.12. The van der Waals surface area contributed by atoms with Crippen LogP contribution >= 0.6 is 0 Å². The fraction of sp³-hybridized carbons (Fsp3) is 0.833. The Morgan fingerprint density at radius 2 is 1.95 bits per heavy atom. The Hall–Kier alpha value is -0.0400. The third kappa shape index (κ3) is 2.07. The molecule has 3 atom stereocenters. The van der Waals surface area contributed by atoms with Gasteiger partial charge in [-0.3, -0.25) is 0 Å². The number of allylic oxidation sites excluding steroid dienone is 1. The van der Waals surface area contributed by atoms with Crippen molar-refractivity contribution in [1.82, 2.24) is 0 Å². The molecule has 1 aliphatic heterocycles. The van der Waals surface area contributed by atoms with Crippen LogP contribution in [0, 0.1) is 33.5 Å². The number of rotatable bonds is 5. The molecule has 2 aliphatic rings. The number of hydrogen-bond acceptors (Lipinski definition) is 1. The van der Waals surface area contributed by atoms with E-state index in [1.165, 1.54) is 16.4 Å². The maximum absolute atomic E-state index is 9.83. The molecule has 1 aliphatic carbocycles. The number of hydrogen-bond donors (Lipinski definition) is 0. The van der Waals surface area contributed by atoms with E-state index in [2.05, 4.69) is 54.2 Å². The van der Waals surface area contributed by atoms with Crippen LogP contribution < -0.4 is 21.2 Å². The zero-order valence-electron chi connectivity index (χ0n) is 13.9. The van der Waals surface area contributed by atoms with E-state index in [4.69, 9.17) is 0 Å². The van der Waals surface area contributed by atoms with Crippen molar-refractivity contribution in [3.63, 3.8) is 0 Å². The summed E-state index contributed by atoms with van der Waals surface area (Å²) >= 11 is 0.220. The van der Waals surface area contributed by atoms with Gasteiger partial charge in [0.2, 0.25) is 3.42 Å². The highest BCUT2D eigenvalue weighted by atomic mass is 127. The molecule has 0 aromatic heterocycles. The van der Waals surface area contributed by atoms with Crippen molar-refractivity contribution in [1.29, 1.82) is 5.26 Å². The monoisotopic (exact) mass is 386 g/mol. The third-order valence-corrected chi connectivity index (χ3v) is 9.59. The second-order valence-electron chi connectivity index (χ2n) is 8.48. The molecule has 1 heterocycles. The zero-order valence-corrected chi connectivity index (χ0v) is 16.1. The van der Waals surface area contributed by atoms with E-state index < -0.39 is 0 Å². The first-order valence-corrected chi connectivity index (χ1v) is 10.4. The van der Waals surface area contributed by atoms with Gasteiger partial charge in [0.25, 0.3) is 21.2 Å². The van der Waals surface area contributed by atoms with Crippen LogP contribution in [0.1, 0.15) is 60.8 Å². The molecule has 0 amide bonds. The Balaban J connectivity index is 2.29. The van der Waals surface area contributed by atoms with Crippen LogP contribution in [-0.4, -0.2) is 7.85 Å². The van der Waals surface area contributed by atoms with Gasteiger partial charge in [-0.1, -0.05) is 46.8 Å². The van der Waals surface area contributed by atoms with Crippen molar-refractivity contribution in [2.24, 2.45) is 22.2 Å². The summed E-state index contributed by atoms with van der Waals surface area (Å²) in [7, 11) is 0. The minimum Gasteiger partial charge on any atom is -0.197 e. The lowest BCUT2D eigenvalue weighted by atomic mass is 9.73. The highest BCUT2D eigenvalue weighted by molar-refractivity contribution is 5.50. The van der Waals surface area contributed by atoms with Gasteiger partial charge in [0, 0.05) is 0 Å². The molecule has 1 saturated carbocycles. The molecule has 2 rings (SSSR count). The minimum atomic E-state index is -0.116. The molecule has 0 aromatic carbocycles. The molecule has 3 unspecified atom stereocenters. The first-order chi connectivity index (χ1) is 9.06. The summed E-state index contributed by atoms with van der Waals surface area (Å²) < 4.78 is 1.72. The van der Waals surface area contributed by atoms with Gasteiger partial charge < -0.3 is 0 Å². The largest absolute Gasteiger partial charge is 0.288 e. The molecule has 0 radical (unpaired) electrons. The first-order valence-electron chi connectivity index (χ1n) is 7.76. The summed E-state index contributed by atoms with van der Waals surface area (Å²) in [6, 6.07) is 2.72. The molecule has 0 N–H and O–H groups in total. The van der Waals surface area contributed by atoms with Gasteiger partial charge in [0.15, 0.2) is 4.43 Å². The van der Waals surface area contributed by atoms with Crippen LogP contribution in [-0.2, 0) is 0 Å². The third-order valence-electron chi connectivity index (χ3n) is 5.31. The maximum Gasteiger partial charge on any atom is 0.288 e. The molecule has 112 valence electrons. The SMILES string of the molecule is C=C(CCC(C)C)C1(CC(C)(C)C)C(C)(C#N)C12C[I+]2. The summed E-state index contributed by atoms with van der Waals surface area (Å²) in [4.78, 5) is 0. The predicted octanol–water partition coefficient (Wildman–Crippen LogP) is 1.79. The van der Waals surface area contributed by atoms with Gasteiger partial charge in [-0.25, -0.2) is 0 Å². The molecule has 2 fully saturated rings. The summed E-state index contributed by atoms with van der Waals surface area (Å²) in [6.45, 7) is 18.2. The smallest absolute Gasteiger partial charge is 0.197 e. The highest BCUT2D eigenvalue weighted by Crippen LogP contribution is 2.77. The Labute approximate surface area is 135 Å². The van der Waals surface area contributed by atoms with E-state index in [9.17, 15) is 5.26 Å². The molecular formula is C18H29IN+. The highest BCUT2D eigenvalue weighted by Gasteiger charge is 3.03. The van der Waals surface area contributed by atoms with Gasteiger partial charge in [0.05, 0.1) is 11.5 Å². The van der Waals surface area contributed by atoms with Crippen LogP contribution in [0.25, 0.3) is 0 Å². The summed E-state index contributed by atoms with van der Waals surface area (Å²) in [6.07, 6.45) is 3.46. The van der Waals surface area contributed by atoms with E-state index in [0.717, 1.165) is 18.8 Å². The lowest BCUT2D eigenvalue weighted by molar-refractivity contribution is -0.512. The molecule has 0 bridgehead atoms. The fourth-order valence-corrected chi connectivity index (χ4v) is 8.89. The zero-order chi connectivity index (χ0) is 15.4. The van der Waals surface area contributed by atoms with E-state index >= 15 is 0 Å². The van der Waals surface area contributed by atoms with Crippen LogP contribution in [0.3, 0.4) is 0 Å². The minimum absolute atomic E-state index is 0.116. The van der Waals surface area contributed by atoms with Crippen molar-refractivity contribution in [3.8, 4) is 6.07 Å². The Kier molecular flexibility index (Phi) is 3.86. The molecular weight excluding hydrogens is 357 g/mol. The first kappa shape index (κ1) is 16.3. The average molecular weight is 386 g/mol. The van der Waals surface area contributed by atoms with Gasteiger partial charge in [-0.2, -0.15) is 5.26 Å². The average Bonchev–Trinajstić information content (AvgIpc) is 3.18. The van der Waals surface area contributed by atoms with Crippen molar-refractivity contribution >= 4 is 0 Å². The number of halogens is 1. The second kappa shape index (κ2) is 4.73. The Morgan fingerprint density at radius 1 is 1.40 bits per heavy atom. The Morgan fingerprint density at radius 3 is 2.25 bits per heavy atom. The topological polar surface area (TPSA) is 23.8 Å². The molecule has 1 spiro atoms. The number of alkyl halides is 2. The number of nitriles is 1. The van der Waals surface area contributed by atoms with Crippen LogP contribution in [0.4, 0.5) is 0 Å². The van der Waals surface area contributed by atoms with Gasteiger partial charge in [0.1, 0.15) is 5.41 Å². The second-order valence-corrected chi connectivity index (χ2v) is 11.9. The van der Waals surface area contributed by atoms with Crippen molar-refractivity contribution in [2.75, 3.05) is 4.43 Å². The molecule has 1 saturated heterocycles. The number of nitrogens with zero attached hydrogens (tertiary/aromatic N) is 1. The van der Waals surface area contributed by atoms with Gasteiger partial charge in [-0.05, 0) is 37.5 Å². The quantitative estimate of drug-likeness (QED) is 0.402. The summed E-state index contributed by atoms with van der Waals surface area (Å²) in [5, 5.41) is 9.83. The predicted molar refractivity (Wildman–Crippen MR) is 81.0 cm³/mol. The summed E-state index contributed by atoms with van der Waals surface area (Å²) in [5.41, 5.74) is 1.68. The van der Waals surface area contributed by atoms with E-state index in [1.54, 1.807) is 0 Å². The van der Waals surface area contributed by atoms with Gasteiger partial charge in [-0.15, -0.1) is 0 Å². The van der Waals surface area contributed by atoms with E-state index in [1.807, 2.05) is 0 Å². The van der Waals surface area contributed by atoms with Gasteiger partial charge >= 0.3 is 0 Å². The van der Waals surface area contributed by atoms with Crippen molar-refractivity contribution in [3.05, 3.63) is 12.2 Å². The molecule has 0 aromatic rings. The maximum atomic E-state index is 9.83. The van der Waals surface area contributed by atoms with Crippen LogP contribution in [0.15, 0.2) is 12.2 Å². The van der Waals surface area contributed by atoms with Crippen LogP contribution in [0.2, 0.25) is 0 Å². The van der Waals surface area contributed by atoms with Crippen LogP contribution in [0.5, 0.6) is 0 Å². The lowest BCUT2D eigenvalue weighted by Crippen LogP contribution is -3.50. The Bertz CT molecular complexity index is 461. The van der Waals surface area contributed by atoms with E-state index in [0.29, 0.717) is 3.42 Å².